The van der Waals surface area contributed by atoms with Crippen LogP contribution >= 0.6 is 0 Å². The quantitative estimate of drug-likeness (QED) is 0.347. The van der Waals surface area contributed by atoms with Crippen molar-refractivity contribution >= 4 is 34.3 Å². The average Bonchev–Trinajstić information content (AvgIpc) is 3.54. The fourth-order valence-electron chi connectivity index (χ4n) is 4.50. The van der Waals surface area contributed by atoms with Crippen LogP contribution in [0.3, 0.4) is 0 Å². The molecule has 0 spiro atoms. The molecule has 1 aliphatic rings. The van der Waals surface area contributed by atoms with E-state index in [1.165, 1.54) is 7.11 Å². The summed E-state index contributed by atoms with van der Waals surface area (Å²) >= 11 is 0. The number of benzene rings is 2. The molecule has 1 saturated heterocycles. The van der Waals surface area contributed by atoms with Crippen LogP contribution in [0.15, 0.2) is 72.9 Å². The normalized spacial score (nSPS) is 15.1. The van der Waals surface area contributed by atoms with Gasteiger partial charge in [0.2, 0.25) is 0 Å². The Labute approximate surface area is 209 Å². The van der Waals surface area contributed by atoms with Crippen molar-refractivity contribution in [2.75, 3.05) is 24.4 Å². The van der Waals surface area contributed by atoms with E-state index >= 15 is 0 Å². The molecule has 3 heterocycles. The van der Waals surface area contributed by atoms with Crippen molar-refractivity contribution in [2.45, 2.75) is 32.0 Å². The summed E-state index contributed by atoms with van der Waals surface area (Å²) in [5.41, 5.74) is 3.59. The number of methoxy groups -OCH3 is 1. The van der Waals surface area contributed by atoms with Gasteiger partial charge < -0.3 is 24.7 Å². The maximum Gasteiger partial charge on any atom is 0.356 e. The van der Waals surface area contributed by atoms with Crippen LogP contribution in [0.25, 0.3) is 11.0 Å². The second kappa shape index (κ2) is 10.6. The smallest absolute Gasteiger partial charge is 0.356 e. The molecule has 8 nitrogen and oxygen atoms in total. The molecule has 4 aromatic rings. The number of anilines is 2. The molecule has 1 aliphatic heterocycles. The van der Waals surface area contributed by atoms with Gasteiger partial charge >= 0.3 is 5.97 Å². The van der Waals surface area contributed by atoms with Crippen LogP contribution in [0.2, 0.25) is 0 Å². The first kappa shape index (κ1) is 23.6. The predicted octanol–water partition coefficient (Wildman–Crippen LogP) is 4.87. The molecule has 0 saturated carbocycles. The first-order valence-electron chi connectivity index (χ1n) is 12.0. The van der Waals surface area contributed by atoms with Gasteiger partial charge in [0.05, 0.1) is 37.3 Å². The van der Waals surface area contributed by atoms with Crippen LogP contribution in [0.5, 0.6) is 0 Å². The van der Waals surface area contributed by atoms with Crippen molar-refractivity contribution in [1.82, 2.24) is 9.55 Å². The largest absolute Gasteiger partial charge is 0.464 e. The fourth-order valence-corrected chi connectivity index (χ4v) is 4.50. The molecule has 1 amide bonds. The minimum atomic E-state index is -0.548. The van der Waals surface area contributed by atoms with Gasteiger partial charge in [-0.3, -0.25) is 4.79 Å². The third-order valence-electron chi connectivity index (χ3n) is 6.30. The average molecular weight is 485 g/mol. The van der Waals surface area contributed by atoms with Gasteiger partial charge in [0, 0.05) is 24.1 Å². The molecule has 36 heavy (non-hydrogen) atoms. The Morgan fingerprint density at radius 1 is 1.11 bits per heavy atom. The molecular formula is C28H28N4O4. The van der Waals surface area contributed by atoms with Crippen molar-refractivity contribution < 1.29 is 19.1 Å². The number of nitrogens with zero attached hydrogens (tertiary/aromatic N) is 2. The molecule has 1 atom stereocenters. The highest BCUT2D eigenvalue weighted by Crippen LogP contribution is 2.34. The highest BCUT2D eigenvalue weighted by molar-refractivity contribution is 6.14. The number of amides is 1. The van der Waals surface area contributed by atoms with E-state index in [1.807, 2.05) is 42.5 Å². The first-order valence-corrected chi connectivity index (χ1v) is 12.0. The highest BCUT2D eigenvalue weighted by atomic mass is 16.5. The minimum absolute atomic E-state index is 0.0423. The molecule has 0 bridgehead atoms. The van der Waals surface area contributed by atoms with Crippen molar-refractivity contribution in [1.29, 1.82) is 0 Å². The Morgan fingerprint density at radius 2 is 1.86 bits per heavy atom. The highest BCUT2D eigenvalue weighted by Gasteiger charge is 2.29. The lowest BCUT2D eigenvalue weighted by Gasteiger charge is -2.14. The van der Waals surface area contributed by atoms with Crippen LogP contribution in [-0.2, 0) is 22.6 Å². The van der Waals surface area contributed by atoms with E-state index in [-0.39, 0.29) is 17.7 Å². The number of carbonyl (C=O) groups is 2. The Kier molecular flexibility index (Phi) is 6.95. The van der Waals surface area contributed by atoms with E-state index in [4.69, 9.17) is 14.5 Å². The molecule has 0 aliphatic carbocycles. The molecule has 0 unspecified atom stereocenters. The third kappa shape index (κ3) is 4.94. The van der Waals surface area contributed by atoms with Gasteiger partial charge in [0.25, 0.3) is 5.91 Å². The third-order valence-corrected chi connectivity index (χ3v) is 6.30. The van der Waals surface area contributed by atoms with Crippen molar-refractivity contribution in [3.63, 3.8) is 0 Å². The molecule has 1 fully saturated rings. The molecular weight excluding hydrogens is 456 g/mol. The Hall–Kier alpha value is -4.17. The number of nitrogens with one attached hydrogen (secondary N) is 2. The molecule has 2 N–H and O–H groups in total. The zero-order chi connectivity index (χ0) is 24.9. The summed E-state index contributed by atoms with van der Waals surface area (Å²) in [4.78, 5) is 30.9. The molecule has 2 aromatic heterocycles. The second-order valence-corrected chi connectivity index (χ2v) is 8.72. The van der Waals surface area contributed by atoms with E-state index in [0.717, 1.165) is 24.1 Å². The summed E-state index contributed by atoms with van der Waals surface area (Å²) in [6.45, 7) is 1.74. The Morgan fingerprint density at radius 3 is 2.56 bits per heavy atom. The topological polar surface area (TPSA) is 94.5 Å². The van der Waals surface area contributed by atoms with Crippen LogP contribution in [0, 0.1) is 0 Å². The Balaban J connectivity index is 1.58. The predicted molar refractivity (Wildman–Crippen MR) is 138 cm³/mol. The van der Waals surface area contributed by atoms with Crippen LogP contribution in [-0.4, -0.2) is 41.2 Å². The molecule has 8 heteroatoms. The number of rotatable bonds is 8. The zero-order valence-corrected chi connectivity index (χ0v) is 20.1. The minimum Gasteiger partial charge on any atom is -0.464 e. The summed E-state index contributed by atoms with van der Waals surface area (Å²) in [7, 11) is 1.33. The number of esters is 1. The summed E-state index contributed by atoms with van der Waals surface area (Å²) < 4.78 is 12.8. The Bertz CT molecular complexity index is 1360. The first-order chi connectivity index (χ1) is 17.6. The van der Waals surface area contributed by atoms with Gasteiger partial charge in [0.15, 0.2) is 5.69 Å². The number of ether oxygens (including phenoxy) is 2. The van der Waals surface area contributed by atoms with Crippen molar-refractivity contribution in [3.8, 4) is 0 Å². The molecule has 5 rings (SSSR count). The van der Waals surface area contributed by atoms with E-state index < -0.39 is 5.97 Å². The summed E-state index contributed by atoms with van der Waals surface area (Å²) in [6.07, 6.45) is 3.55. The number of hydrogen-bond donors (Lipinski definition) is 2. The van der Waals surface area contributed by atoms with E-state index in [9.17, 15) is 9.59 Å². The van der Waals surface area contributed by atoms with Crippen LogP contribution < -0.4 is 10.6 Å². The van der Waals surface area contributed by atoms with Gasteiger partial charge in [-0.1, -0.05) is 48.5 Å². The lowest BCUT2D eigenvalue weighted by atomic mass is 10.2. The fraction of sp³-hybridized carbons (Fsp3) is 0.250. The van der Waals surface area contributed by atoms with E-state index in [2.05, 4.69) is 10.6 Å². The molecule has 184 valence electrons. The van der Waals surface area contributed by atoms with Gasteiger partial charge in [-0.15, -0.1) is 0 Å². The van der Waals surface area contributed by atoms with E-state index in [1.54, 1.807) is 35.0 Å². The summed E-state index contributed by atoms with van der Waals surface area (Å²) in [5.74, 6) is -0.868. The second-order valence-electron chi connectivity index (χ2n) is 8.72. The van der Waals surface area contributed by atoms with Gasteiger partial charge in [0.1, 0.15) is 5.65 Å². The van der Waals surface area contributed by atoms with Gasteiger partial charge in [-0.05, 0) is 36.6 Å². The summed E-state index contributed by atoms with van der Waals surface area (Å²) in [5, 5.41) is 7.00. The maximum atomic E-state index is 13.1. The standard InChI is InChI=1S/C28H28N4O4/c1-35-28(34)25-24(31-27(33)20-11-6-3-7-12-20)23-15-21(29-16-19-9-4-2-5-10-19)17-30-26(23)32(25)18-22-13-8-14-36-22/h2-7,9-12,15,17,22,29H,8,13-14,16,18H2,1H3,(H,31,33)/t22-/m0/s1. The summed E-state index contributed by atoms with van der Waals surface area (Å²) in [6, 6.07) is 20.8. The SMILES string of the molecule is COC(=O)c1c(NC(=O)c2ccccc2)c2cc(NCc3ccccc3)cnc2n1C[C@@H]1CCCO1. The number of carbonyl (C=O) groups excluding carboxylic acids is 2. The molecule has 0 radical (unpaired) electrons. The van der Waals surface area contributed by atoms with Gasteiger partial charge in [-0.25, -0.2) is 9.78 Å². The number of hydrogen-bond acceptors (Lipinski definition) is 6. The van der Waals surface area contributed by atoms with Gasteiger partial charge in [-0.2, -0.15) is 0 Å². The van der Waals surface area contributed by atoms with Crippen molar-refractivity contribution in [2.24, 2.45) is 0 Å². The molecule has 2 aromatic carbocycles. The van der Waals surface area contributed by atoms with E-state index in [0.29, 0.717) is 42.0 Å². The van der Waals surface area contributed by atoms with Crippen LogP contribution in [0.1, 0.15) is 39.3 Å². The maximum absolute atomic E-state index is 13.1. The lowest BCUT2D eigenvalue weighted by Crippen LogP contribution is -2.21. The number of aromatic nitrogens is 2. The lowest BCUT2D eigenvalue weighted by molar-refractivity contribution is 0.0580. The zero-order valence-electron chi connectivity index (χ0n) is 20.1. The van der Waals surface area contributed by atoms with Crippen molar-refractivity contribution in [3.05, 3.63) is 89.7 Å². The number of pyridine rings is 1. The monoisotopic (exact) mass is 484 g/mol. The number of fused-ring (bicyclic) bond motifs is 1. The van der Waals surface area contributed by atoms with Crippen LogP contribution in [0.4, 0.5) is 11.4 Å².